The highest BCUT2D eigenvalue weighted by Gasteiger charge is 2.58. The summed E-state index contributed by atoms with van der Waals surface area (Å²) in [6, 6.07) is 83.8. The van der Waals surface area contributed by atoms with Gasteiger partial charge in [0.25, 0.3) is 0 Å². The molecule has 3 aromatic heterocycles. The van der Waals surface area contributed by atoms with Gasteiger partial charge in [0.2, 0.25) is 0 Å². The number of anilines is 6. The van der Waals surface area contributed by atoms with Crippen LogP contribution in [0, 0.1) is 0 Å². The molecule has 0 unspecified atom stereocenters. The zero-order valence-electron chi connectivity index (χ0n) is 37.9. The summed E-state index contributed by atoms with van der Waals surface area (Å²) in [5, 5.41) is 0. The molecule has 0 bridgehead atoms. The average Bonchev–Trinajstić information content (AvgIpc) is 3.45. The minimum Gasteiger partial charge on any atom is -0.310 e. The SMILES string of the molecule is c1ccc(-c2cc(-c3ccncc3)nc(-c3ccc(N4c5ccccc5C5(c6ccccc64)c4ccccc4C4(c6ccccc6N(c6cccnc6)c6ccccc64)c4ccccc45)cc3)n2)cc1. The van der Waals surface area contributed by atoms with Crippen LogP contribution in [0.15, 0.2) is 255 Å². The van der Waals surface area contributed by atoms with Gasteiger partial charge < -0.3 is 9.80 Å². The van der Waals surface area contributed by atoms with E-state index in [1.807, 2.05) is 48.8 Å². The molecule has 0 amide bonds. The van der Waals surface area contributed by atoms with Crippen molar-refractivity contribution in [3.63, 3.8) is 0 Å². The van der Waals surface area contributed by atoms with Crippen LogP contribution in [0.4, 0.5) is 34.1 Å². The third kappa shape index (κ3) is 5.62. The summed E-state index contributed by atoms with van der Waals surface area (Å²) in [5.74, 6) is 0.664. The van der Waals surface area contributed by atoms with Crippen molar-refractivity contribution in [1.82, 2.24) is 19.9 Å². The van der Waals surface area contributed by atoms with Crippen LogP contribution in [0.25, 0.3) is 33.9 Å². The van der Waals surface area contributed by atoms with E-state index >= 15 is 0 Å². The number of para-hydroxylation sites is 4. The number of pyridine rings is 2. The van der Waals surface area contributed by atoms with E-state index in [1.165, 1.54) is 44.5 Å². The Morgan fingerprint density at radius 1 is 0.286 bits per heavy atom. The summed E-state index contributed by atoms with van der Waals surface area (Å²) in [5.41, 5.74) is 19.9. The Morgan fingerprint density at radius 2 is 0.686 bits per heavy atom. The fraction of sp³-hybridized carbons (Fsp3) is 0.0312. The highest BCUT2D eigenvalue weighted by Crippen LogP contribution is 2.67. The van der Waals surface area contributed by atoms with Crippen LogP contribution in [0.3, 0.4) is 0 Å². The molecule has 0 saturated carbocycles. The molecule has 0 radical (unpaired) electrons. The molecule has 2 aliphatic heterocycles. The average molecular weight is 895 g/mol. The number of benzene rings is 8. The van der Waals surface area contributed by atoms with Gasteiger partial charge in [0.15, 0.2) is 5.82 Å². The van der Waals surface area contributed by atoms with E-state index in [-0.39, 0.29) is 0 Å². The molecule has 1 aliphatic carbocycles. The number of fused-ring (bicyclic) bond motifs is 14. The fourth-order valence-electron chi connectivity index (χ4n) is 12.0. The van der Waals surface area contributed by atoms with E-state index in [0.29, 0.717) is 5.82 Å². The summed E-state index contributed by atoms with van der Waals surface area (Å²) >= 11 is 0. The van der Waals surface area contributed by atoms with Crippen LogP contribution in [-0.2, 0) is 10.8 Å². The maximum absolute atomic E-state index is 5.15. The molecule has 8 aromatic carbocycles. The lowest BCUT2D eigenvalue weighted by Crippen LogP contribution is -2.49. The number of hydrogen-bond acceptors (Lipinski definition) is 6. The molecule has 0 N–H and O–H groups in total. The zero-order valence-corrected chi connectivity index (χ0v) is 37.9. The molecule has 70 heavy (non-hydrogen) atoms. The summed E-state index contributed by atoms with van der Waals surface area (Å²) in [7, 11) is 0. The summed E-state index contributed by atoms with van der Waals surface area (Å²) in [4.78, 5) is 24.0. The molecule has 3 aliphatic rings. The number of hydrogen-bond donors (Lipinski definition) is 0. The molecule has 6 heteroatoms. The van der Waals surface area contributed by atoms with E-state index in [1.54, 1.807) is 12.4 Å². The summed E-state index contributed by atoms with van der Waals surface area (Å²) in [6.07, 6.45) is 7.42. The number of aromatic nitrogens is 4. The lowest BCUT2D eigenvalue weighted by atomic mass is 9.49. The predicted octanol–water partition coefficient (Wildman–Crippen LogP) is 14.9. The van der Waals surface area contributed by atoms with Crippen molar-refractivity contribution in [2.24, 2.45) is 0 Å². The first kappa shape index (κ1) is 39.9. The van der Waals surface area contributed by atoms with Crippen LogP contribution in [0.1, 0.15) is 44.5 Å². The highest BCUT2D eigenvalue weighted by molar-refractivity contribution is 5.95. The van der Waals surface area contributed by atoms with Crippen molar-refractivity contribution in [2.45, 2.75) is 10.8 Å². The largest absolute Gasteiger partial charge is 0.310 e. The standard InChI is InChI=1S/C64H42N6/c1-2-17-43(18-3-1)56-41-57(44-36-39-65-40-37-44)68-62(67-56)45-32-34-46(35-33-45)69-58-28-12-8-24-52(58)63(53-25-9-13-29-59(53)69)48-20-4-6-22-50(48)64(51-23-7-5-21-49(51)63)54-26-10-14-30-60(54)70(47-19-16-38-66-42-47)61-31-15-11-27-55(61)64/h1-42H. The smallest absolute Gasteiger partial charge is 0.160 e. The van der Waals surface area contributed by atoms with Crippen molar-refractivity contribution in [3.05, 3.63) is 300 Å². The first-order chi connectivity index (χ1) is 34.7. The van der Waals surface area contributed by atoms with Crippen LogP contribution in [-0.4, -0.2) is 19.9 Å². The molecule has 0 fully saturated rings. The highest BCUT2D eigenvalue weighted by atomic mass is 15.2. The minimum absolute atomic E-state index is 0.654. The van der Waals surface area contributed by atoms with E-state index < -0.39 is 10.8 Å². The second-order valence-electron chi connectivity index (χ2n) is 18.2. The van der Waals surface area contributed by atoms with Crippen molar-refractivity contribution >= 4 is 34.1 Å². The Labute approximate surface area is 406 Å². The Kier molecular flexibility index (Phi) is 8.92. The molecule has 5 heterocycles. The molecule has 14 rings (SSSR count). The summed E-state index contributed by atoms with van der Waals surface area (Å²) < 4.78 is 0. The van der Waals surface area contributed by atoms with Crippen molar-refractivity contribution < 1.29 is 0 Å². The van der Waals surface area contributed by atoms with Gasteiger partial charge in [-0.3, -0.25) is 9.97 Å². The van der Waals surface area contributed by atoms with E-state index in [4.69, 9.17) is 9.97 Å². The lowest BCUT2D eigenvalue weighted by molar-refractivity contribution is 0.607. The van der Waals surface area contributed by atoms with Crippen molar-refractivity contribution in [2.75, 3.05) is 9.80 Å². The molecular weight excluding hydrogens is 853 g/mol. The normalized spacial score (nSPS) is 14.2. The summed E-state index contributed by atoms with van der Waals surface area (Å²) in [6.45, 7) is 0. The van der Waals surface area contributed by atoms with Crippen LogP contribution in [0.2, 0.25) is 0 Å². The Hall–Kier alpha value is -9.26. The van der Waals surface area contributed by atoms with Gasteiger partial charge in [-0.15, -0.1) is 0 Å². The second-order valence-corrected chi connectivity index (χ2v) is 18.2. The topological polar surface area (TPSA) is 58.0 Å². The van der Waals surface area contributed by atoms with Gasteiger partial charge >= 0.3 is 0 Å². The third-order valence-corrected chi connectivity index (χ3v) is 14.7. The van der Waals surface area contributed by atoms with Crippen LogP contribution < -0.4 is 9.80 Å². The molecule has 328 valence electrons. The first-order valence-electron chi connectivity index (χ1n) is 23.8. The van der Waals surface area contributed by atoms with Gasteiger partial charge in [0.05, 0.1) is 56.9 Å². The van der Waals surface area contributed by atoms with Gasteiger partial charge in [0.1, 0.15) is 0 Å². The monoisotopic (exact) mass is 894 g/mol. The predicted molar refractivity (Wildman–Crippen MR) is 281 cm³/mol. The van der Waals surface area contributed by atoms with E-state index in [0.717, 1.165) is 62.2 Å². The lowest BCUT2D eigenvalue weighted by Gasteiger charge is -2.56. The van der Waals surface area contributed by atoms with Gasteiger partial charge in [-0.1, -0.05) is 152 Å². The molecule has 11 aromatic rings. The first-order valence-corrected chi connectivity index (χ1v) is 23.8. The molecule has 0 saturated heterocycles. The van der Waals surface area contributed by atoms with Crippen molar-refractivity contribution in [1.29, 1.82) is 0 Å². The fourth-order valence-corrected chi connectivity index (χ4v) is 12.0. The number of nitrogens with zero attached hydrogens (tertiary/aromatic N) is 6. The van der Waals surface area contributed by atoms with Gasteiger partial charge in [-0.05, 0) is 123 Å². The molecule has 2 spiro atoms. The van der Waals surface area contributed by atoms with Gasteiger partial charge in [-0.2, -0.15) is 0 Å². The Bertz CT molecular complexity index is 3590. The van der Waals surface area contributed by atoms with E-state index in [2.05, 4.69) is 214 Å². The molecule has 0 atom stereocenters. The Morgan fingerprint density at radius 3 is 1.13 bits per heavy atom. The maximum Gasteiger partial charge on any atom is 0.160 e. The third-order valence-electron chi connectivity index (χ3n) is 14.7. The maximum atomic E-state index is 5.15. The minimum atomic E-state index is -0.679. The van der Waals surface area contributed by atoms with Crippen LogP contribution >= 0.6 is 0 Å². The molecular formula is C64H42N6. The molecule has 6 nitrogen and oxygen atoms in total. The van der Waals surface area contributed by atoms with E-state index in [9.17, 15) is 0 Å². The number of rotatable bonds is 5. The Balaban J connectivity index is 0.973. The van der Waals surface area contributed by atoms with Gasteiger partial charge in [-0.25, -0.2) is 9.97 Å². The second kappa shape index (κ2) is 15.7. The quantitative estimate of drug-likeness (QED) is 0.172. The van der Waals surface area contributed by atoms with Gasteiger partial charge in [0, 0.05) is 41.0 Å². The van der Waals surface area contributed by atoms with Crippen LogP contribution in [0.5, 0.6) is 0 Å². The zero-order chi connectivity index (χ0) is 46.2. The van der Waals surface area contributed by atoms with Crippen molar-refractivity contribution in [3.8, 4) is 33.9 Å².